The number of aromatic nitrogens is 2. The molecule has 70 valence electrons. The Labute approximate surface area is 76.7 Å². The molecule has 1 atom stereocenters. The lowest BCUT2D eigenvalue weighted by atomic mass is 10.0. The van der Waals surface area contributed by atoms with Crippen molar-refractivity contribution in [3.63, 3.8) is 0 Å². The van der Waals surface area contributed by atoms with Gasteiger partial charge < -0.3 is 5.11 Å². The van der Waals surface area contributed by atoms with Gasteiger partial charge in [-0.25, -0.2) is 9.97 Å². The summed E-state index contributed by atoms with van der Waals surface area (Å²) in [5.74, 6) is -1.17. The Morgan fingerprint density at radius 2 is 2.38 bits per heavy atom. The molecule has 4 nitrogen and oxygen atoms in total. The topological polar surface area (TPSA) is 63.1 Å². The van der Waals surface area contributed by atoms with Crippen molar-refractivity contribution in [1.29, 1.82) is 0 Å². The number of hydrogen-bond acceptors (Lipinski definition) is 3. The van der Waals surface area contributed by atoms with E-state index >= 15 is 0 Å². The fraction of sp³-hybridized carbons (Fsp3) is 0.444. The van der Waals surface area contributed by atoms with Gasteiger partial charge in [-0.2, -0.15) is 0 Å². The predicted molar refractivity (Wildman–Crippen MR) is 47.3 cm³/mol. The molecular weight excluding hydrogens is 168 g/mol. The third-order valence-corrected chi connectivity index (χ3v) is 1.96. The molecule has 1 aromatic heterocycles. The van der Waals surface area contributed by atoms with Crippen LogP contribution in [0.25, 0.3) is 0 Å². The summed E-state index contributed by atoms with van der Waals surface area (Å²) in [7, 11) is 0. The van der Waals surface area contributed by atoms with E-state index in [4.69, 9.17) is 5.11 Å². The first kappa shape index (κ1) is 9.64. The second-order valence-corrected chi connectivity index (χ2v) is 3.08. The van der Waals surface area contributed by atoms with E-state index in [0.29, 0.717) is 6.42 Å². The highest BCUT2D eigenvalue weighted by molar-refractivity contribution is 5.69. The van der Waals surface area contributed by atoms with Crippen molar-refractivity contribution >= 4 is 5.97 Å². The van der Waals surface area contributed by atoms with Crippen LogP contribution < -0.4 is 0 Å². The smallest absolute Gasteiger partial charge is 0.306 e. The molecule has 0 aromatic carbocycles. The van der Waals surface area contributed by atoms with Gasteiger partial charge in [0.1, 0.15) is 6.33 Å². The van der Waals surface area contributed by atoms with Gasteiger partial charge in [-0.3, -0.25) is 4.79 Å². The third kappa shape index (κ3) is 2.50. The predicted octanol–water partition coefficient (Wildman–Crippen LogP) is 1.05. The quantitative estimate of drug-likeness (QED) is 0.755. The Hall–Kier alpha value is -1.45. The lowest BCUT2D eigenvalue weighted by Crippen LogP contribution is -2.13. The number of aryl methyl sites for hydroxylation is 1. The zero-order chi connectivity index (χ0) is 9.84. The maximum Gasteiger partial charge on any atom is 0.306 e. The second kappa shape index (κ2) is 3.98. The van der Waals surface area contributed by atoms with Gasteiger partial charge in [0.15, 0.2) is 0 Å². The average Bonchev–Trinajstić information content (AvgIpc) is 2.08. The Kier molecular flexibility index (Phi) is 2.95. The summed E-state index contributed by atoms with van der Waals surface area (Å²) in [4.78, 5) is 18.4. The standard InChI is InChI=1S/C9H12N2O2/c1-6(9(12)13)3-8-4-10-5-11-7(8)2/h4-6H,3H2,1-2H3,(H,12,13). The first-order valence-corrected chi connectivity index (χ1v) is 4.09. The molecule has 0 radical (unpaired) electrons. The molecule has 0 amide bonds. The van der Waals surface area contributed by atoms with Crippen LogP contribution in [0.2, 0.25) is 0 Å². The van der Waals surface area contributed by atoms with Crippen molar-refractivity contribution in [3.05, 3.63) is 23.8 Å². The van der Waals surface area contributed by atoms with E-state index < -0.39 is 5.97 Å². The third-order valence-electron chi connectivity index (χ3n) is 1.96. The van der Waals surface area contributed by atoms with Crippen LogP contribution in [0.5, 0.6) is 0 Å². The Bertz CT molecular complexity index is 312. The van der Waals surface area contributed by atoms with Crippen molar-refractivity contribution < 1.29 is 9.90 Å². The van der Waals surface area contributed by atoms with Crippen molar-refractivity contribution in [1.82, 2.24) is 9.97 Å². The minimum atomic E-state index is -0.789. The van der Waals surface area contributed by atoms with Crippen LogP contribution in [0.4, 0.5) is 0 Å². The molecule has 0 fully saturated rings. The average molecular weight is 180 g/mol. The highest BCUT2D eigenvalue weighted by Gasteiger charge is 2.12. The van der Waals surface area contributed by atoms with E-state index in [0.717, 1.165) is 11.3 Å². The van der Waals surface area contributed by atoms with Crippen LogP contribution >= 0.6 is 0 Å². The van der Waals surface area contributed by atoms with Gasteiger partial charge >= 0.3 is 5.97 Å². The molecule has 0 aliphatic rings. The van der Waals surface area contributed by atoms with Crippen molar-refractivity contribution in [2.75, 3.05) is 0 Å². The summed E-state index contributed by atoms with van der Waals surface area (Å²) in [6.45, 7) is 3.53. The molecule has 4 heteroatoms. The normalized spacial score (nSPS) is 12.5. The summed E-state index contributed by atoms with van der Waals surface area (Å²) in [6.07, 6.45) is 3.62. The van der Waals surface area contributed by atoms with Crippen molar-refractivity contribution in [3.8, 4) is 0 Å². The summed E-state index contributed by atoms with van der Waals surface area (Å²) in [5.41, 5.74) is 1.75. The van der Waals surface area contributed by atoms with E-state index in [2.05, 4.69) is 9.97 Å². The first-order chi connectivity index (χ1) is 6.11. The van der Waals surface area contributed by atoms with Crippen molar-refractivity contribution in [2.45, 2.75) is 20.3 Å². The zero-order valence-electron chi connectivity index (χ0n) is 7.69. The molecule has 0 bridgehead atoms. The summed E-state index contributed by atoms with van der Waals surface area (Å²) >= 11 is 0. The summed E-state index contributed by atoms with van der Waals surface area (Å²) in [6, 6.07) is 0. The number of hydrogen-bond donors (Lipinski definition) is 1. The van der Waals surface area contributed by atoms with Crippen LogP contribution in [0, 0.1) is 12.8 Å². The van der Waals surface area contributed by atoms with Gasteiger partial charge in [-0.05, 0) is 18.9 Å². The largest absolute Gasteiger partial charge is 0.481 e. The lowest BCUT2D eigenvalue weighted by molar-refractivity contribution is -0.141. The first-order valence-electron chi connectivity index (χ1n) is 4.09. The van der Waals surface area contributed by atoms with Gasteiger partial charge in [-0.1, -0.05) is 6.92 Å². The highest BCUT2D eigenvalue weighted by atomic mass is 16.4. The fourth-order valence-corrected chi connectivity index (χ4v) is 1.04. The fourth-order valence-electron chi connectivity index (χ4n) is 1.04. The van der Waals surface area contributed by atoms with E-state index in [9.17, 15) is 4.79 Å². The maximum absolute atomic E-state index is 10.6. The van der Waals surface area contributed by atoms with Crippen LogP contribution in [-0.2, 0) is 11.2 Å². The van der Waals surface area contributed by atoms with Gasteiger partial charge in [-0.15, -0.1) is 0 Å². The molecule has 1 aromatic rings. The SMILES string of the molecule is Cc1ncncc1CC(C)C(=O)O. The monoisotopic (exact) mass is 180 g/mol. The number of nitrogens with zero attached hydrogens (tertiary/aromatic N) is 2. The van der Waals surface area contributed by atoms with Crippen molar-refractivity contribution in [2.24, 2.45) is 5.92 Å². The van der Waals surface area contributed by atoms with Crippen LogP contribution in [0.1, 0.15) is 18.2 Å². The van der Waals surface area contributed by atoms with E-state index in [1.807, 2.05) is 6.92 Å². The second-order valence-electron chi connectivity index (χ2n) is 3.08. The molecule has 0 saturated carbocycles. The molecule has 1 N–H and O–H groups in total. The Morgan fingerprint density at radius 3 is 2.92 bits per heavy atom. The molecule has 0 saturated heterocycles. The van der Waals surface area contributed by atoms with E-state index in [1.54, 1.807) is 13.1 Å². The number of carbonyl (C=O) groups is 1. The Morgan fingerprint density at radius 1 is 1.69 bits per heavy atom. The molecular formula is C9H12N2O2. The molecule has 0 aliphatic carbocycles. The molecule has 13 heavy (non-hydrogen) atoms. The number of carboxylic acids is 1. The van der Waals surface area contributed by atoms with Gasteiger partial charge in [0.05, 0.1) is 5.92 Å². The van der Waals surface area contributed by atoms with E-state index in [-0.39, 0.29) is 5.92 Å². The number of carboxylic acid groups (broad SMARTS) is 1. The Balaban J connectivity index is 2.74. The van der Waals surface area contributed by atoms with Crippen LogP contribution in [-0.4, -0.2) is 21.0 Å². The van der Waals surface area contributed by atoms with Gasteiger partial charge in [0, 0.05) is 11.9 Å². The van der Waals surface area contributed by atoms with Crippen LogP contribution in [0.15, 0.2) is 12.5 Å². The highest BCUT2D eigenvalue weighted by Crippen LogP contribution is 2.09. The minimum absolute atomic E-state index is 0.385. The number of rotatable bonds is 3. The molecule has 0 spiro atoms. The zero-order valence-corrected chi connectivity index (χ0v) is 7.69. The molecule has 1 heterocycles. The summed E-state index contributed by atoms with van der Waals surface area (Å²) in [5, 5.41) is 8.69. The van der Waals surface area contributed by atoms with E-state index in [1.165, 1.54) is 6.33 Å². The summed E-state index contributed by atoms with van der Waals surface area (Å²) < 4.78 is 0. The lowest BCUT2D eigenvalue weighted by Gasteiger charge is -2.06. The van der Waals surface area contributed by atoms with Gasteiger partial charge in [0.2, 0.25) is 0 Å². The number of aliphatic carboxylic acids is 1. The minimum Gasteiger partial charge on any atom is -0.481 e. The molecule has 0 aliphatic heterocycles. The molecule has 1 unspecified atom stereocenters. The maximum atomic E-state index is 10.6. The molecule has 1 rings (SSSR count). The van der Waals surface area contributed by atoms with Crippen LogP contribution in [0.3, 0.4) is 0 Å². The van der Waals surface area contributed by atoms with Gasteiger partial charge in [0.25, 0.3) is 0 Å².